The number of anilines is 1. The van der Waals surface area contributed by atoms with Crippen molar-refractivity contribution in [2.45, 2.75) is 43.7 Å². The molecule has 2 amide bonds. The zero-order valence-electron chi connectivity index (χ0n) is 20.5. The van der Waals surface area contributed by atoms with Gasteiger partial charge in [-0.15, -0.1) is 0 Å². The van der Waals surface area contributed by atoms with Crippen molar-refractivity contribution < 1.29 is 18.0 Å². The van der Waals surface area contributed by atoms with Gasteiger partial charge >= 0.3 is 0 Å². The van der Waals surface area contributed by atoms with E-state index in [1.54, 1.807) is 47.1 Å². The lowest BCUT2D eigenvalue weighted by atomic mass is 10.1. The van der Waals surface area contributed by atoms with E-state index in [4.69, 9.17) is 0 Å². The highest BCUT2D eigenvalue weighted by Crippen LogP contribution is 2.29. The number of sulfonamides is 1. The van der Waals surface area contributed by atoms with Gasteiger partial charge in [-0.05, 0) is 56.6 Å². The number of hydrogen-bond donors (Lipinski definition) is 0. The van der Waals surface area contributed by atoms with Crippen LogP contribution in [0.3, 0.4) is 0 Å². The van der Waals surface area contributed by atoms with Gasteiger partial charge in [-0.1, -0.05) is 36.4 Å². The van der Waals surface area contributed by atoms with Crippen LogP contribution in [0.15, 0.2) is 59.5 Å². The van der Waals surface area contributed by atoms with E-state index in [0.717, 1.165) is 24.2 Å². The second-order valence-electron chi connectivity index (χ2n) is 9.30. The molecule has 0 N–H and O–H groups in total. The minimum atomic E-state index is -3.78. The fraction of sp³-hybridized carbons (Fsp3) is 0.462. The molecule has 2 heterocycles. The lowest BCUT2D eigenvalue weighted by molar-refractivity contribution is -0.135. The Bertz CT molecular complexity index is 1150. The summed E-state index contributed by atoms with van der Waals surface area (Å²) in [5.41, 5.74) is 1.69. The van der Waals surface area contributed by atoms with Gasteiger partial charge in [0.2, 0.25) is 21.8 Å². The molecule has 0 aromatic heterocycles. The first-order valence-corrected chi connectivity index (χ1v) is 13.6. The average Bonchev–Trinajstić information content (AvgIpc) is 3.34. The molecule has 0 radical (unpaired) electrons. The minimum Gasteiger partial charge on any atom is -0.336 e. The molecular formula is C26H34N4O4S. The number of para-hydroxylation sites is 1. The molecule has 9 heteroatoms. The number of carbonyl (C=O) groups excluding carboxylic acids is 2. The van der Waals surface area contributed by atoms with Crippen LogP contribution in [0.5, 0.6) is 0 Å². The number of rotatable bonds is 3. The summed E-state index contributed by atoms with van der Waals surface area (Å²) in [5.74, 6) is -0.216. The number of nitrogens with zero attached hydrogens (tertiary/aromatic N) is 4. The minimum absolute atomic E-state index is 0.0341. The molecule has 1 saturated heterocycles. The first-order chi connectivity index (χ1) is 16.8. The van der Waals surface area contributed by atoms with Crippen molar-refractivity contribution in [3.05, 3.63) is 60.2 Å². The Morgan fingerprint density at radius 2 is 1.57 bits per heavy atom. The van der Waals surface area contributed by atoms with Gasteiger partial charge in [0.05, 0.1) is 4.90 Å². The Morgan fingerprint density at radius 3 is 2.31 bits per heavy atom. The molecule has 188 valence electrons. The zero-order chi connectivity index (χ0) is 25.0. The summed E-state index contributed by atoms with van der Waals surface area (Å²) in [6.45, 7) is 4.78. The van der Waals surface area contributed by atoms with Crippen molar-refractivity contribution in [3.8, 4) is 0 Å². The monoisotopic (exact) mass is 498 g/mol. The molecule has 0 saturated carbocycles. The highest BCUT2D eigenvalue weighted by molar-refractivity contribution is 7.89. The van der Waals surface area contributed by atoms with Crippen LogP contribution in [0.1, 0.15) is 31.7 Å². The van der Waals surface area contributed by atoms with Crippen molar-refractivity contribution in [2.24, 2.45) is 0 Å². The molecule has 4 rings (SSSR count). The Morgan fingerprint density at radius 1 is 0.857 bits per heavy atom. The van der Waals surface area contributed by atoms with E-state index in [-0.39, 0.29) is 16.7 Å². The molecule has 35 heavy (non-hydrogen) atoms. The standard InChI is InChI=1S/C26H34N4O4S/c1-21(31)29-16-9-15-27(2)18-19-28(20-22-10-6-7-13-24(22)29)26(32)25-14-8-17-30(25)35(33,34)23-11-4-3-5-12-23/h3-7,10-13,25H,8-9,14-20H2,1-2H3. The van der Waals surface area contributed by atoms with Gasteiger partial charge in [0.25, 0.3) is 0 Å². The predicted molar refractivity (Wildman–Crippen MR) is 135 cm³/mol. The Hall–Kier alpha value is -2.75. The summed E-state index contributed by atoms with van der Waals surface area (Å²) in [5, 5.41) is 0. The lowest BCUT2D eigenvalue weighted by Gasteiger charge is -2.32. The maximum Gasteiger partial charge on any atom is 0.243 e. The summed E-state index contributed by atoms with van der Waals surface area (Å²) in [6.07, 6.45) is 1.97. The van der Waals surface area contributed by atoms with Crippen molar-refractivity contribution in [2.75, 3.05) is 44.7 Å². The van der Waals surface area contributed by atoms with Crippen LogP contribution < -0.4 is 4.90 Å². The van der Waals surface area contributed by atoms with Gasteiger partial charge in [0.1, 0.15) is 6.04 Å². The second kappa shape index (κ2) is 10.9. The van der Waals surface area contributed by atoms with Crippen LogP contribution >= 0.6 is 0 Å². The maximum atomic E-state index is 13.9. The molecule has 8 nitrogen and oxygen atoms in total. The maximum absolute atomic E-state index is 13.9. The molecule has 2 aromatic rings. The van der Waals surface area contributed by atoms with Gasteiger partial charge in [0.15, 0.2) is 0 Å². The fourth-order valence-electron chi connectivity index (χ4n) is 4.94. The van der Waals surface area contributed by atoms with Gasteiger partial charge in [0, 0.05) is 45.3 Å². The molecule has 2 aliphatic rings. The number of likely N-dealkylation sites (N-methyl/N-ethyl adjacent to an activating group) is 1. The van der Waals surface area contributed by atoms with Crippen LogP contribution in [-0.4, -0.2) is 80.2 Å². The van der Waals surface area contributed by atoms with E-state index in [0.29, 0.717) is 45.6 Å². The molecule has 2 aliphatic heterocycles. The van der Waals surface area contributed by atoms with Gasteiger partial charge in [-0.2, -0.15) is 4.31 Å². The highest BCUT2D eigenvalue weighted by Gasteiger charge is 2.41. The smallest absolute Gasteiger partial charge is 0.243 e. The third-order valence-corrected chi connectivity index (χ3v) is 8.77. The number of hydrogen-bond acceptors (Lipinski definition) is 5. The topological polar surface area (TPSA) is 81.2 Å². The van der Waals surface area contributed by atoms with Crippen LogP contribution in [0.2, 0.25) is 0 Å². The molecular weight excluding hydrogens is 464 g/mol. The van der Waals surface area contributed by atoms with E-state index in [1.807, 2.05) is 31.3 Å². The fourth-order valence-corrected chi connectivity index (χ4v) is 6.62. The normalized spacial score (nSPS) is 20.8. The third-order valence-electron chi connectivity index (χ3n) is 6.85. The van der Waals surface area contributed by atoms with Gasteiger partial charge in [-0.25, -0.2) is 8.42 Å². The van der Waals surface area contributed by atoms with Crippen molar-refractivity contribution in [3.63, 3.8) is 0 Å². The van der Waals surface area contributed by atoms with Crippen LogP contribution in [0, 0.1) is 0 Å². The number of benzene rings is 2. The predicted octanol–water partition coefficient (Wildman–Crippen LogP) is 2.56. The lowest BCUT2D eigenvalue weighted by Crippen LogP contribution is -2.49. The second-order valence-corrected chi connectivity index (χ2v) is 11.2. The molecule has 0 bridgehead atoms. The van der Waals surface area contributed by atoms with E-state index >= 15 is 0 Å². The van der Waals surface area contributed by atoms with Gasteiger partial charge < -0.3 is 14.7 Å². The highest BCUT2D eigenvalue weighted by atomic mass is 32.2. The molecule has 1 fully saturated rings. The van der Waals surface area contributed by atoms with Crippen molar-refractivity contribution >= 4 is 27.5 Å². The van der Waals surface area contributed by atoms with Crippen LogP contribution in [-0.2, 0) is 26.2 Å². The third kappa shape index (κ3) is 5.58. The van der Waals surface area contributed by atoms with E-state index < -0.39 is 16.1 Å². The molecule has 1 unspecified atom stereocenters. The van der Waals surface area contributed by atoms with Crippen molar-refractivity contribution in [1.82, 2.24) is 14.1 Å². The molecule has 0 aliphatic carbocycles. The average molecular weight is 499 g/mol. The van der Waals surface area contributed by atoms with Crippen LogP contribution in [0.4, 0.5) is 5.69 Å². The van der Waals surface area contributed by atoms with E-state index in [9.17, 15) is 18.0 Å². The van der Waals surface area contributed by atoms with E-state index in [2.05, 4.69) is 4.90 Å². The van der Waals surface area contributed by atoms with Crippen molar-refractivity contribution in [1.29, 1.82) is 0 Å². The van der Waals surface area contributed by atoms with E-state index in [1.165, 1.54) is 4.31 Å². The van der Waals surface area contributed by atoms with Gasteiger partial charge in [-0.3, -0.25) is 9.59 Å². The zero-order valence-corrected chi connectivity index (χ0v) is 21.3. The first kappa shape index (κ1) is 25.3. The summed E-state index contributed by atoms with van der Waals surface area (Å²) < 4.78 is 28.1. The molecule has 2 aromatic carbocycles. The summed E-state index contributed by atoms with van der Waals surface area (Å²) in [4.78, 5) is 32.3. The largest absolute Gasteiger partial charge is 0.336 e. The summed E-state index contributed by atoms with van der Waals surface area (Å²) in [6, 6.07) is 15.3. The quantitative estimate of drug-likeness (QED) is 0.650. The Labute approximate surface area is 208 Å². The number of amides is 2. The Balaban J connectivity index is 1.65. The number of fused-ring (bicyclic) bond motifs is 1. The molecule has 0 spiro atoms. The SMILES string of the molecule is CC(=O)N1CCCN(C)CCN(C(=O)C2CCCN2S(=O)(=O)c2ccccc2)Cc2ccccc21. The summed E-state index contributed by atoms with van der Waals surface area (Å²) >= 11 is 0. The number of carbonyl (C=O) groups is 2. The summed E-state index contributed by atoms with van der Waals surface area (Å²) in [7, 11) is -1.77. The Kier molecular flexibility index (Phi) is 7.88. The molecule has 1 atom stereocenters. The first-order valence-electron chi connectivity index (χ1n) is 12.2. The van der Waals surface area contributed by atoms with Crippen LogP contribution in [0.25, 0.3) is 0 Å².